The molecule has 0 saturated heterocycles. The first-order chi connectivity index (χ1) is 15.8. The summed E-state index contributed by atoms with van der Waals surface area (Å²) in [6, 6.07) is 9.82. The quantitative estimate of drug-likeness (QED) is 0.442. The zero-order valence-electron chi connectivity index (χ0n) is 18.7. The minimum atomic E-state index is -0.442. The zero-order chi connectivity index (χ0) is 23.4. The molecule has 3 aromatic heterocycles. The number of nitrogens with two attached hydrogens (primary N) is 1. The Balaban J connectivity index is 1.88. The zero-order valence-corrected chi connectivity index (χ0v) is 18.7. The van der Waals surface area contributed by atoms with Crippen molar-refractivity contribution in [2.75, 3.05) is 5.73 Å². The molecule has 1 aliphatic heterocycles. The largest absolute Gasteiger partial charge is 0.482 e. The van der Waals surface area contributed by atoms with Gasteiger partial charge in [0.2, 0.25) is 0 Å². The number of nitriles is 1. The lowest BCUT2D eigenvalue weighted by atomic mass is 10.0. The summed E-state index contributed by atoms with van der Waals surface area (Å²) < 4.78 is 10.7. The summed E-state index contributed by atoms with van der Waals surface area (Å²) in [5.74, 6) is 1.14. The normalized spacial score (nSPS) is 14.7. The van der Waals surface area contributed by atoms with Crippen molar-refractivity contribution in [3.05, 3.63) is 69.3 Å². The van der Waals surface area contributed by atoms with Gasteiger partial charge in [0.1, 0.15) is 23.7 Å². The SMILES string of the molecule is Cc1ccc2c(c1)[C@@H](C)Oc1cc(cnc1N)-c1c(nn(C)c1C#N)Cc1nn(C)c(=O)n1-2. The highest BCUT2D eigenvalue weighted by Gasteiger charge is 2.26. The summed E-state index contributed by atoms with van der Waals surface area (Å²) in [6.07, 6.45) is 1.40. The van der Waals surface area contributed by atoms with Crippen LogP contribution in [0, 0.1) is 18.3 Å². The second-order valence-corrected chi connectivity index (χ2v) is 8.17. The van der Waals surface area contributed by atoms with Gasteiger partial charge in [-0.2, -0.15) is 15.5 Å². The standard InChI is InChI=1S/C23H22N8O2/c1-12-5-6-17-15(7-12)13(2)33-19-8-14(11-26-22(19)25)21-16(27-29(3)18(21)10-24)9-20-28-30(4)23(32)31(17)20/h5-8,11,13H,9H2,1-4H3,(H2,25,26)/t13-/m1/s1. The van der Waals surface area contributed by atoms with Gasteiger partial charge >= 0.3 is 5.69 Å². The molecule has 0 amide bonds. The van der Waals surface area contributed by atoms with E-state index in [1.54, 1.807) is 30.9 Å². The predicted molar refractivity (Wildman–Crippen MR) is 121 cm³/mol. The van der Waals surface area contributed by atoms with Crippen LogP contribution in [-0.2, 0) is 20.5 Å². The first-order valence-electron chi connectivity index (χ1n) is 10.4. The van der Waals surface area contributed by atoms with Crippen LogP contribution in [-0.4, -0.2) is 29.1 Å². The van der Waals surface area contributed by atoms with Gasteiger partial charge in [-0.1, -0.05) is 17.7 Å². The summed E-state index contributed by atoms with van der Waals surface area (Å²) in [7, 11) is 3.32. The Bertz CT molecular complexity index is 1520. The van der Waals surface area contributed by atoms with Gasteiger partial charge in [-0.25, -0.2) is 19.0 Å². The second-order valence-electron chi connectivity index (χ2n) is 8.17. The highest BCUT2D eigenvalue weighted by Crippen LogP contribution is 2.36. The van der Waals surface area contributed by atoms with E-state index >= 15 is 0 Å². The highest BCUT2D eigenvalue weighted by atomic mass is 16.5. The maximum absolute atomic E-state index is 13.2. The Kier molecular flexibility index (Phi) is 4.56. The summed E-state index contributed by atoms with van der Waals surface area (Å²) in [5.41, 5.74) is 10.6. The van der Waals surface area contributed by atoms with Gasteiger partial charge in [0.05, 0.1) is 17.8 Å². The average Bonchev–Trinajstić information content (AvgIpc) is 3.24. The number of hydrogen-bond acceptors (Lipinski definition) is 7. The van der Waals surface area contributed by atoms with E-state index in [9.17, 15) is 10.1 Å². The number of benzene rings is 1. The van der Waals surface area contributed by atoms with Crippen molar-refractivity contribution in [2.24, 2.45) is 14.1 Å². The smallest absolute Gasteiger partial charge is 0.350 e. The monoisotopic (exact) mass is 442 g/mol. The minimum Gasteiger partial charge on any atom is -0.482 e. The second kappa shape index (κ2) is 7.34. The van der Waals surface area contributed by atoms with Crippen LogP contribution in [0.3, 0.4) is 0 Å². The summed E-state index contributed by atoms with van der Waals surface area (Å²) in [5, 5.41) is 18.9. The topological polar surface area (TPSA) is 130 Å². The molecule has 10 nitrogen and oxygen atoms in total. The van der Waals surface area contributed by atoms with Gasteiger partial charge in [0.25, 0.3) is 0 Å². The fourth-order valence-electron chi connectivity index (χ4n) is 4.30. The lowest BCUT2D eigenvalue weighted by Crippen LogP contribution is -2.24. The third kappa shape index (κ3) is 3.17. The van der Waals surface area contributed by atoms with Gasteiger partial charge in [-0.15, -0.1) is 0 Å². The third-order valence-electron chi connectivity index (χ3n) is 5.88. The number of hydrogen-bond donors (Lipinski definition) is 1. The third-order valence-corrected chi connectivity index (χ3v) is 5.88. The molecule has 10 heteroatoms. The Morgan fingerprint density at radius 2 is 2.00 bits per heavy atom. The van der Waals surface area contributed by atoms with E-state index in [0.29, 0.717) is 39.8 Å². The molecule has 166 valence electrons. The van der Waals surface area contributed by atoms with Crippen LogP contribution >= 0.6 is 0 Å². The average molecular weight is 442 g/mol. The molecular weight excluding hydrogens is 420 g/mol. The molecule has 0 saturated carbocycles. The van der Waals surface area contributed by atoms with Crippen LogP contribution in [0.2, 0.25) is 0 Å². The lowest BCUT2D eigenvalue weighted by molar-refractivity contribution is 0.227. The van der Waals surface area contributed by atoms with Crippen molar-refractivity contribution in [3.63, 3.8) is 0 Å². The lowest BCUT2D eigenvalue weighted by Gasteiger charge is -2.21. The predicted octanol–water partition coefficient (Wildman–Crippen LogP) is 2.17. The molecule has 0 unspecified atom stereocenters. The number of pyridine rings is 1. The fraction of sp³-hybridized carbons (Fsp3) is 0.261. The van der Waals surface area contributed by atoms with E-state index in [1.165, 1.54) is 9.36 Å². The molecule has 1 atom stereocenters. The molecule has 0 spiro atoms. The number of ether oxygens (including phenoxy) is 1. The molecule has 1 aromatic carbocycles. The highest BCUT2D eigenvalue weighted by molar-refractivity contribution is 5.74. The summed E-state index contributed by atoms with van der Waals surface area (Å²) in [4.78, 5) is 17.5. The molecule has 33 heavy (non-hydrogen) atoms. The molecule has 5 rings (SSSR count). The van der Waals surface area contributed by atoms with Crippen LogP contribution in [0.5, 0.6) is 5.75 Å². The van der Waals surface area contributed by atoms with Gasteiger partial charge in [-0.05, 0) is 26.0 Å². The van der Waals surface area contributed by atoms with Crippen molar-refractivity contribution in [1.29, 1.82) is 5.26 Å². The molecule has 0 fully saturated rings. The number of fused-ring (bicyclic) bond motifs is 7. The van der Waals surface area contributed by atoms with Crippen molar-refractivity contribution in [3.8, 4) is 28.6 Å². The summed E-state index contributed by atoms with van der Waals surface area (Å²) >= 11 is 0. The summed E-state index contributed by atoms with van der Waals surface area (Å²) in [6.45, 7) is 3.88. The van der Waals surface area contributed by atoms with Crippen LogP contribution in [0.25, 0.3) is 16.8 Å². The first-order valence-corrected chi connectivity index (χ1v) is 10.4. The number of nitrogen functional groups attached to an aromatic ring is 1. The fourth-order valence-corrected chi connectivity index (χ4v) is 4.30. The molecule has 4 heterocycles. The number of aryl methyl sites for hydroxylation is 3. The van der Waals surface area contributed by atoms with E-state index in [2.05, 4.69) is 21.3 Å². The Morgan fingerprint density at radius 1 is 1.21 bits per heavy atom. The molecule has 1 aliphatic rings. The van der Waals surface area contributed by atoms with Crippen molar-refractivity contribution < 1.29 is 4.74 Å². The maximum atomic E-state index is 13.2. The van der Waals surface area contributed by atoms with Gasteiger partial charge in [0.15, 0.2) is 11.6 Å². The van der Waals surface area contributed by atoms with Crippen molar-refractivity contribution in [1.82, 2.24) is 29.1 Å². The number of nitrogens with zero attached hydrogens (tertiary/aromatic N) is 7. The Hall–Kier alpha value is -4.39. The minimum absolute atomic E-state index is 0.236. The molecule has 2 N–H and O–H groups in total. The van der Waals surface area contributed by atoms with E-state index in [4.69, 9.17) is 10.5 Å². The Labute approximate surface area is 189 Å². The molecule has 4 aromatic rings. The van der Waals surface area contributed by atoms with E-state index < -0.39 is 6.10 Å². The van der Waals surface area contributed by atoms with Crippen LogP contribution in [0.15, 0.2) is 35.3 Å². The van der Waals surface area contributed by atoms with E-state index in [0.717, 1.165) is 11.1 Å². The van der Waals surface area contributed by atoms with Crippen LogP contribution in [0.4, 0.5) is 5.82 Å². The molecule has 0 radical (unpaired) electrons. The van der Waals surface area contributed by atoms with Gasteiger partial charge in [-0.3, -0.25) is 4.68 Å². The number of rotatable bonds is 0. The van der Waals surface area contributed by atoms with E-state index in [1.807, 2.05) is 32.0 Å². The van der Waals surface area contributed by atoms with E-state index in [-0.39, 0.29) is 17.9 Å². The van der Waals surface area contributed by atoms with Gasteiger partial charge < -0.3 is 10.5 Å². The number of anilines is 1. The number of aromatic nitrogens is 6. The van der Waals surface area contributed by atoms with Crippen LogP contribution in [0.1, 0.15) is 41.4 Å². The van der Waals surface area contributed by atoms with Gasteiger partial charge in [0, 0.05) is 37.0 Å². The molecule has 2 bridgehead atoms. The first kappa shape index (κ1) is 20.5. The molecule has 0 aliphatic carbocycles. The van der Waals surface area contributed by atoms with Crippen molar-refractivity contribution in [2.45, 2.75) is 26.4 Å². The molecular formula is C23H22N8O2. The maximum Gasteiger partial charge on any atom is 0.350 e. The Morgan fingerprint density at radius 3 is 2.76 bits per heavy atom. The van der Waals surface area contributed by atoms with Crippen molar-refractivity contribution >= 4 is 5.82 Å². The van der Waals surface area contributed by atoms with Crippen LogP contribution < -0.4 is 16.2 Å².